The van der Waals surface area contributed by atoms with Crippen LogP contribution in [0.1, 0.15) is 0 Å². The normalized spacial score (nSPS) is 17.7. The van der Waals surface area contributed by atoms with E-state index in [0.29, 0.717) is 17.9 Å². The van der Waals surface area contributed by atoms with Gasteiger partial charge in [-0.3, -0.25) is 13.5 Å². The third kappa shape index (κ3) is 3.36. The summed E-state index contributed by atoms with van der Waals surface area (Å²) in [6, 6.07) is 8.19. The molecule has 0 radical (unpaired) electrons. The highest BCUT2D eigenvalue weighted by atomic mass is 32.2. The molecule has 2 heterocycles. The van der Waals surface area contributed by atoms with Crippen LogP contribution in [0.3, 0.4) is 0 Å². The van der Waals surface area contributed by atoms with Crippen LogP contribution in [0.25, 0.3) is 0 Å². The van der Waals surface area contributed by atoms with Crippen LogP contribution in [-0.4, -0.2) is 44.2 Å². The zero-order valence-electron chi connectivity index (χ0n) is 14.1. The van der Waals surface area contributed by atoms with Crippen molar-refractivity contribution >= 4 is 29.2 Å². The molecule has 8 heteroatoms. The van der Waals surface area contributed by atoms with Crippen LogP contribution in [0.15, 0.2) is 36.4 Å². The predicted octanol–water partition coefficient (Wildman–Crippen LogP) is 3.53. The minimum absolute atomic E-state index is 0.216. The van der Waals surface area contributed by atoms with E-state index in [-0.39, 0.29) is 11.5 Å². The minimum atomic E-state index is -0.670. The summed E-state index contributed by atoms with van der Waals surface area (Å²) in [5.41, 5.74) is 1.23. The summed E-state index contributed by atoms with van der Waals surface area (Å²) < 4.78 is 45.5. The number of piperazine rings is 1. The number of nitrogens with zero attached hydrogens (tertiary/aromatic N) is 3. The van der Waals surface area contributed by atoms with Crippen LogP contribution in [-0.2, 0) is 0 Å². The van der Waals surface area contributed by atoms with Crippen molar-refractivity contribution in [3.05, 3.63) is 53.8 Å². The van der Waals surface area contributed by atoms with Crippen molar-refractivity contribution in [1.29, 1.82) is 0 Å². The number of halogens is 3. The summed E-state index contributed by atoms with van der Waals surface area (Å²) in [6.45, 7) is 5.22. The average molecular weight is 380 g/mol. The lowest BCUT2D eigenvalue weighted by molar-refractivity contribution is 0.248. The first-order valence-electron chi connectivity index (χ1n) is 8.56. The molecular weight excluding hydrogens is 361 g/mol. The fourth-order valence-electron chi connectivity index (χ4n) is 3.24. The van der Waals surface area contributed by atoms with Gasteiger partial charge in [-0.25, -0.2) is 13.2 Å². The molecule has 0 unspecified atom stereocenters. The Morgan fingerprint density at radius 2 is 1.73 bits per heavy atom. The summed E-state index contributed by atoms with van der Waals surface area (Å²) in [6.07, 6.45) is 0. The highest BCUT2D eigenvalue weighted by molar-refractivity contribution is 8.02. The first-order chi connectivity index (χ1) is 12.6. The van der Waals surface area contributed by atoms with Crippen LogP contribution < -0.4 is 13.9 Å². The van der Waals surface area contributed by atoms with E-state index in [9.17, 15) is 13.2 Å². The maximum Gasteiger partial charge on any atom is 0.150 e. The molecule has 4 nitrogen and oxygen atoms in total. The topological polar surface area (TPSA) is 21.8 Å². The van der Waals surface area contributed by atoms with Gasteiger partial charge in [0.15, 0.2) is 5.82 Å². The highest BCUT2D eigenvalue weighted by Gasteiger charge is 2.33. The summed E-state index contributed by atoms with van der Waals surface area (Å²) in [5.74, 6) is -1.65. The van der Waals surface area contributed by atoms with Gasteiger partial charge < -0.3 is 5.32 Å². The van der Waals surface area contributed by atoms with Gasteiger partial charge in [0.05, 0.1) is 23.5 Å². The molecule has 2 aromatic rings. The third-order valence-corrected chi connectivity index (χ3v) is 5.69. The standard InChI is InChI=1S/C18H19F3N4S/c19-13-4-5-16(15(21)12-13)25-17-3-1-2-14(20)18(17)24(26-25)11-10-23-8-6-22-7-9-23/h1-5,12,22H,6-11H2. The number of fused-ring (bicyclic) bond motifs is 1. The van der Waals surface area contributed by atoms with Crippen molar-refractivity contribution in [3.8, 4) is 0 Å². The molecule has 26 heavy (non-hydrogen) atoms. The van der Waals surface area contributed by atoms with Crippen LogP contribution in [0, 0.1) is 17.5 Å². The molecule has 4 rings (SSSR count). The van der Waals surface area contributed by atoms with Gasteiger partial charge in [0.25, 0.3) is 0 Å². The fourth-order valence-corrected chi connectivity index (χ4v) is 4.33. The molecule has 1 N–H and O–H groups in total. The number of para-hydroxylation sites is 1. The molecule has 0 spiro atoms. The summed E-state index contributed by atoms with van der Waals surface area (Å²) >= 11 is 1.24. The SMILES string of the molecule is Fc1ccc(N2SN(CCN3CCNCC3)c3c(F)cccc32)c(F)c1. The lowest BCUT2D eigenvalue weighted by Crippen LogP contribution is -2.45. The Labute approximate surface area is 154 Å². The Morgan fingerprint density at radius 1 is 0.923 bits per heavy atom. The zero-order chi connectivity index (χ0) is 18.1. The molecule has 1 saturated heterocycles. The quantitative estimate of drug-likeness (QED) is 0.817. The maximum atomic E-state index is 14.5. The van der Waals surface area contributed by atoms with E-state index in [1.807, 2.05) is 4.31 Å². The monoisotopic (exact) mass is 380 g/mol. The molecule has 2 aromatic carbocycles. The van der Waals surface area contributed by atoms with Crippen LogP contribution in [0.5, 0.6) is 0 Å². The smallest absolute Gasteiger partial charge is 0.150 e. The number of nitrogens with one attached hydrogen (secondary N) is 1. The second-order valence-electron chi connectivity index (χ2n) is 6.27. The van der Waals surface area contributed by atoms with E-state index < -0.39 is 11.6 Å². The van der Waals surface area contributed by atoms with E-state index in [4.69, 9.17) is 0 Å². The highest BCUT2D eigenvalue weighted by Crippen LogP contribution is 2.50. The Kier molecular flexibility index (Phi) is 4.97. The van der Waals surface area contributed by atoms with Crippen molar-refractivity contribution in [2.75, 3.05) is 47.9 Å². The van der Waals surface area contributed by atoms with Crippen LogP contribution in [0.4, 0.5) is 30.2 Å². The largest absolute Gasteiger partial charge is 0.314 e. The molecule has 2 aliphatic heterocycles. The van der Waals surface area contributed by atoms with Crippen molar-refractivity contribution < 1.29 is 13.2 Å². The number of hydrogen-bond acceptors (Lipinski definition) is 5. The first-order valence-corrected chi connectivity index (χ1v) is 9.29. The van der Waals surface area contributed by atoms with Crippen molar-refractivity contribution in [1.82, 2.24) is 10.2 Å². The summed E-state index contributed by atoms with van der Waals surface area (Å²) in [7, 11) is 0. The van der Waals surface area contributed by atoms with Gasteiger partial charge in [0.2, 0.25) is 0 Å². The zero-order valence-corrected chi connectivity index (χ0v) is 14.9. The Hall–Kier alpha value is -1.90. The van der Waals surface area contributed by atoms with Gasteiger partial charge in [0, 0.05) is 45.3 Å². The van der Waals surface area contributed by atoms with Gasteiger partial charge in [0.1, 0.15) is 17.3 Å². The predicted molar refractivity (Wildman–Crippen MR) is 99.1 cm³/mol. The second kappa shape index (κ2) is 7.38. The molecule has 0 amide bonds. The molecule has 138 valence electrons. The average Bonchev–Trinajstić information content (AvgIpc) is 3.01. The molecular formula is C18H19F3N4S. The van der Waals surface area contributed by atoms with Crippen molar-refractivity contribution in [3.63, 3.8) is 0 Å². The number of hydrogen-bond donors (Lipinski definition) is 1. The van der Waals surface area contributed by atoms with Crippen molar-refractivity contribution in [2.24, 2.45) is 0 Å². The lowest BCUT2D eigenvalue weighted by Gasteiger charge is -2.29. The lowest BCUT2D eigenvalue weighted by atomic mass is 10.2. The van der Waals surface area contributed by atoms with Crippen LogP contribution >= 0.6 is 12.1 Å². The Balaban J connectivity index is 1.59. The number of anilines is 3. The minimum Gasteiger partial charge on any atom is -0.314 e. The Bertz CT molecular complexity index is 798. The van der Waals surface area contributed by atoms with E-state index >= 15 is 0 Å². The van der Waals surface area contributed by atoms with Crippen molar-refractivity contribution in [2.45, 2.75) is 0 Å². The van der Waals surface area contributed by atoms with Gasteiger partial charge in [-0.05, 0) is 24.3 Å². The number of benzene rings is 2. The second-order valence-corrected chi connectivity index (χ2v) is 7.24. The molecule has 0 bridgehead atoms. The van der Waals surface area contributed by atoms with Gasteiger partial charge in [-0.1, -0.05) is 6.07 Å². The number of rotatable bonds is 4. The van der Waals surface area contributed by atoms with Gasteiger partial charge >= 0.3 is 0 Å². The van der Waals surface area contributed by atoms with Gasteiger partial charge in [-0.2, -0.15) is 0 Å². The first kappa shape index (κ1) is 17.5. The third-order valence-electron chi connectivity index (χ3n) is 4.57. The van der Waals surface area contributed by atoms with Gasteiger partial charge in [-0.15, -0.1) is 0 Å². The molecule has 1 fully saturated rings. The molecule has 0 atom stereocenters. The van der Waals surface area contributed by atoms with E-state index in [1.54, 1.807) is 16.4 Å². The summed E-state index contributed by atoms with van der Waals surface area (Å²) in [5, 5.41) is 3.31. The molecule has 0 aromatic heterocycles. The Morgan fingerprint density at radius 3 is 2.50 bits per heavy atom. The van der Waals surface area contributed by atoms with E-state index in [0.717, 1.165) is 38.8 Å². The summed E-state index contributed by atoms with van der Waals surface area (Å²) in [4.78, 5) is 2.32. The van der Waals surface area contributed by atoms with E-state index in [1.165, 1.54) is 30.3 Å². The molecule has 2 aliphatic rings. The maximum absolute atomic E-state index is 14.5. The van der Waals surface area contributed by atoms with E-state index in [2.05, 4.69) is 10.2 Å². The molecule has 0 aliphatic carbocycles. The van der Waals surface area contributed by atoms with Crippen LogP contribution in [0.2, 0.25) is 0 Å². The fraction of sp³-hybridized carbons (Fsp3) is 0.333. The molecule has 0 saturated carbocycles.